The number of hydrogen-bond donors (Lipinski definition) is 10. The van der Waals surface area contributed by atoms with Gasteiger partial charge in [-0.05, 0) is 163 Å². The largest absolute Gasteiger partial charge is 0.368 e. The molecule has 0 saturated heterocycles. The maximum atomic E-state index is 13.4. The third kappa shape index (κ3) is 31.6. The molecule has 10 rings (SSSR count). The van der Waals surface area contributed by atoms with Crippen LogP contribution in [0, 0.1) is 5.82 Å². The van der Waals surface area contributed by atoms with Gasteiger partial charge in [-0.3, -0.25) is 9.97 Å². The Balaban J connectivity index is 0.000000227. The van der Waals surface area contributed by atoms with Gasteiger partial charge in [0, 0.05) is 84.2 Å². The molecule has 634 valence electrons. The molecule has 15 N–H and O–H groups in total. The Morgan fingerprint density at radius 1 is 0.342 bits per heavy atom. The predicted octanol–water partition coefficient (Wildman–Crippen LogP) is 19.0. The van der Waals surface area contributed by atoms with Crippen LogP contribution in [0.3, 0.4) is 0 Å². The van der Waals surface area contributed by atoms with Gasteiger partial charge in [0.15, 0.2) is 29.1 Å². The van der Waals surface area contributed by atoms with Crippen molar-refractivity contribution in [2.45, 2.75) is 298 Å². The second kappa shape index (κ2) is 46.0. The Kier molecular flexibility index (Phi) is 37.5. The number of pyridine rings is 5. The standard InChI is InChI=1S/C18H26ClN5O.C18H27N5O.C17H24FN5O.C17H25N5O.C15H22ClN5/c1-4-5-6-8-18(3,9-7-12(2)25)24-16-15-14(22-17(20)23-16)10-13(19)11-21-15;1-4-5-6-10-18(3,11-9-13(2)24)23-16-15-14(8-7-12-20-15)21-17(19)22-16;1-4-5-7-17(3,8-6-11(2)24)23-15-14-13(21-16(19)22-15)9-12(18)10-20-14;1-4-5-9-17(3,10-8-12(2)23)22-15-14-13(7-6-11-19-14)20-16(18)21-15;1-4-6-7-15(3,5-2)21-13-12-11(19-14(17)20-13)8-10(16)9-18-12/h10-11H,4-9H2,1-3H3,(H3,20,22,23,24);7-8,12H,4-6,9-11H2,1-3H3,(H3,19,21,22,23);9-10H,4-8H2,1-3H3,(H3,19,21,22,23);6-7,11H,4-5,8-10H2,1-3H3,(H3,18,20,21,22);8-9H,4-7H2,1-3H3,(H3,17,19,20,21)/t2*18-;2*17-;15-/m00001/s1. The average molecular weight is 1650 g/mol. The van der Waals surface area contributed by atoms with Gasteiger partial charge in [-0.25, -0.2) is 44.3 Å². The number of aromatic nitrogens is 15. The smallest absolute Gasteiger partial charge is 0.222 e. The minimum absolute atomic E-state index is 0.0367. The highest BCUT2D eigenvalue weighted by atomic mass is 35.5. The van der Waals surface area contributed by atoms with Crippen LogP contribution in [0.2, 0.25) is 10.0 Å². The van der Waals surface area contributed by atoms with Gasteiger partial charge < -0.3 is 74.4 Å². The van der Waals surface area contributed by atoms with Crippen molar-refractivity contribution in [3.05, 3.63) is 89.3 Å². The first-order valence-corrected chi connectivity index (χ1v) is 41.7. The zero-order chi connectivity index (χ0) is 86.1. The maximum absolute atomic E-state index is 13.4. The van der Waals surface area contributed by atoms with Crippen molar-refractivity contribution in [3.8, 4) is 0 Å². The fourth-order valence-corrected chi connectivity index (χ4v) is 13.5. The zero-order valence-electron chi connectivity index (χ0n) is 71.2. The Morgan fingerprint density at radius 3 is 0.889 bits per heavy atom. The minimum atomic E-state index is -0.475. The Labute approximate surface area is 698 Å². The van der Waals surface area contributed by atoms with Gasteiger partial charge in [0.1, 0.15) is 56.5 Å². The Hall–Kier alpha value is -10.4. The minimum Gasteiger partial charge on any atom is -0.368 e. The van der Waals surface area contributed by atoms with Crippen LogP contribution in [0.5, 0.6) is 0 Å². The molecule has 5 atom stereocenters. The van der Waals surface area contributed by atoms with E-state index in [-0.39, 0.29) is 80.6 Å². The molecule has 0 radical (unpaired) electrons. The van der Waals surface area contributed by atoms with E-state index >= 15 is 0 Å². The summed E-state index contributed by atoms with van der Waals surface area (Å²) in [7, 11) is 0. The molecule has 0 aromatic carbocycles. The monoisotopic (exact) mass is 1650 g/mol. The molecule has 0 saturated carbocycles. The molecule has 0 fully saturated rings. The fraction of sp³-hybridized carbons (Fsp3) is 0.541. The molecule has 117 heavy (non-hydrogen) atoms. The number of nitrogens with zero attached hydrogens (tertiary/aromatic N) is 15. The number of rotatable bonds is 40. The number of nitrogen functional groups attached to an aromatic ring is 5. The number of unbranched alkanes of at least 4 members (excludes halogenated alkanes) is 7. The van der Waals surface area contributed by atoms with Crippen molar-refractivity contribution in [2.75, 3.05) is 55.3 Å². The van der Waals surface area contributed by atoms with Crippen LogP contribution >= 0.6 is 23.2 Å². The molecular weight excluding hydrogens is 1530 g/mol. The molecule has 0 aliphatic heterocycles. The summed E-state index contributed by atoms with van der Waals surface area (Å²) in [6, 6.07) is 12.1. The highest BCUT2D eigenvalue weighted by Gasteiger charge is 2.31. The molecule has 0 aliphatic carbocycles. The van der Waals surface area contributed by atoms with Crippen LogP contribution < -0.4 is 55.3 Å². The Morgan fingerprint density at radius 2 is 0.598 bits per heavy atom. The molecule has 0 amide bonds. The van der Waals surface area contributed by atoms with Crippen molar-refractivity contribution in [1.82, 2.24) is 74.8 Å². The summed E-state index contributed by atoms with van der Waals surface area (Å²) in [5.41, 5.74) is 34.2. The molecule has 10 aromatic rings. The predicted molar refractivity (Wildman–Crippen MR) is 476 cm³/mol. The van der Waals surface area contributed by atoms with Gasteiger partial charge in [0.25, 0.3) is 0 Å². The van der Waals surface area contributed by atoms with Gasteiger partial charge in [-0.1, -0.05) is 142 Å². The summed E-state index contributed by atoms with van der Waals surface area (Å²) < 4.78 is 13.4. The van der Waals surface area contributed by atoms with E-state index in [1.807, 2.05) is 24.3 Å². The van der Waals surface area contributed by atoms with E-state index < -0.39 is 5.82 Å². The van der Waals surface area contributed by atoms with E-state index in [2.05, 4.69) is 178 Å². The van der Waals surface area contributed by atoms with Crippen molar-refractivity contribution in [3.63, 3.8) is 0 Å². The van der Waals surface area contributed by atoms with Crippen molar-refractivity contribution in [1.29, 1.82) is 0 Å². The molecule has 32 heteroatoms. The van der Waals surface area contributed by atoms with Crippen LogP contribution in [-0.4, -0.2) is 126 Å². The molecule has 0 unspecified atom stereocenters. The third-order valence-electron chi connectivity index (χ3n) is 20.4. The first kappa shape index (κ1) is 95.5. The maximum Gasteiger partial charge on any atom is 0.222 e. The lowest BCUT2D eigenvalue weighted by Gasteiger charge is -2.32. The Bertz CT molecular complexity index is 4900. The number of nitrogens with two attached hydrogens (primary N) is 5. The molecule has 0 aliphatic rings. The summed E-state index contributed by atoms with van der Waals surface area (Å²) in [5, 5.41) is 18.4. The molecule has 10 aromatic heterocycles. The van der Waals surface area contributed by atoms with Gasteiger partial charge in [0.2, 0.25) is 29.7 Å². The number of halogens is 3. The van der Waals surface area contributed by atoms with E-state index in [0.717, 1.165) is 140 Å². The van der Waals surface area contributed by atoms with Crippen molar-refractivity contribution >= 4 is 160 Å². The molecule has 0 bridgehead atoms. The first-order chi connectivity index (χ1) is 55.5. The number of carbonyl (C=O) groups is 4. The lowest BCUT2D eigenvalue weighted by molar-refractivity contribution is -0.118. The summed E-state index contributed by atoms with van der Waals surface area (Å²) in [6.45, 7) is 30.1. The van der Waals surface area contributed by atoms with E-state index in [0.29, 0.717) is 121 Å². The molecule has 29 nitrogen and oxygen atoms in total. The van der Waals surface area contributed by atoms with Crippen LogP contribution in [0.1, 0.15) is 271 Å². The van der Waals surface area contributed by atoms with Crippen LogP contribution in [-0.2, 0) is 19.2 Å². The van der Waals surface area contributed by atoms with Gasteiger partial charge in [-0.2, -0.15) is 24.9 Å². The van der Waals surface area contributed by atoms with Crippen LogP contribution in [0.15, 0.2) is 73.4 Å². The van der Waals surface area contributed by atoms with E-state index in [4.69, 9.17) is 51.9 Å². The first-order valence-electron chi connectivity index (χ1n) is 40.9. The normalized spacial score (nSPS) is 13.7. The number of fused-ring (bicyclic) bond motifs is 5. The number of hydrogen-bond acceptors (Lipinski definition) is 29. The SMILES string of the molecule is CCCCC[C@@](C)(CCC(C)=O)Nc1nc(N)nc2cc(Cl)cnc12.CCCCC[C@@](C)(CCC(C)=O)Nc1nc(N)nc2cccnc12.CCCC[C@@](C)(CC)Nc1nc(N)nc2cc(Cl)cnc12.CCCC[C@@](C)(CCC(C)=O)Nc1nc(N)nc2cc(F)cnc12.CCCC[C@@](C)(CCC(C)=O)Nc1nc(N)nc2cccnc12. The second-order valence-electron chi connectivity index (χ2n) is 31.8. The van der Waals surface area contributed by atoms with Crippen molar-refractivity contribution in [2.24, 2.45) is 0 Å². The topological polar surface area (TPSA) is 452 Å². The highest BCUT2D eigenvalue weighted by molar-refractivity contribution is 6.31. The van der Waals surface area contributed by atoms with Gasteiger partial charge >= 0.3 is 0 Å². The summed E-state index contributed by atoms with van der Waals surface area (Å²) in [4.78, 5) is 110. The molecular formula is C85H124Cl2FN25O4. The van der Waals surface area contributed by atoms with Gasteiger partial charge in [0.05, 0.1) is 43.8 Å². The summed E-state index contributed by atoms with van der Waals surface area (Å²) >= 11 is 12.0. The lowest BCUT2D eigenvalue weighted by Crippen LogP contribution is -2.36. The number of anilines is 10. The van der Waals surface area contributed by atoms with E-state index in [1.54, 1.807) is 64.6 Å². The summed E-state index contributed by atoms with van der Waals surface area (Å²) in [6.07, 6.45) is 31.9. The summed E-state index contributed by atoms with van der Waals surface area (Å²) in [5.74, 6) is 4.14. The van der Waals surface area contributed by atoms with E-state index in [9.17, 15) is 23.6 Å². The molecule has 10 heterocycles. The number of Topliss-reactive ketones (excluding diaryl/α,β-unsaturated/α-hetero) is 4. The number of ketones is 4. The highest BCUT2D eigenvalue weighted by Crippen LogP contribution is 2.35. The lowest BCUT2D eigenvalue weighted by atomic mass is 9.88. The fourth-order valence-electron chi connectivity index (χ4n) is 13.2. The number of nitrogens with one attached hydrogen (secondary N) is 5. The quantitative estimate of drug-likeness (QED) is 0.0159. The number of carbonyl (C=O) groups excluding carboxylic acids is 4. The van der Waals surface area contributed by atoms with Crippen LogP contribution in [0.4, 0.5) is 63.2 Å². The molecule has 0 spiro atoms. The zero-order valence-corrected chi connectivity index (χ0v) is 72.7. The second-order valence-corrected chi connectivity index (χ2v) is 32.6. The van der Waals surface area contributed by atoms with Crippen LogP contribution in [0.25, 0.3) is 55.2 Å². The van der Waals surface area contributed by atoms with Gasteiger partial charge in [-0.15, -0.1) is 0 Å². The van der Waals surface area contributed by atoms with Crippen molar-refractivity contribution < 1.29 is 23.6 Å². The third-order valence-corrected chi connectivity index (χ3v) is 20.8. The average Bonchev–Trinajstić information content (AvgIpc) is 0.788. The van der Waals surface area contributed by atoms with E-state index in [1.165, 1.54) is 12.5 Å².